The van der Waals surface area contributed by atoms with Crippen molar-refractivity contribution in [3.8, 4) is 0 Å². The highest BCUT2D eigenvalue weighted by Gasteiger charge is 2.34. The molecule has 3 nitrogen and oxygen atoms in total. The summed E-state index contributed by atoms with van der Waals surface area (Å²) < 4.78 is 0. The van der Waals surface area contributed by atoms with E-state index in [4.69, 9.17) is 0 Å². The maximum Gasteiger partial charge on any atom is 0.488 e. The predicted octanol–water partition coefficient (Wildman–Crippen LogP) is 8.11. The van der Waals surface area contributed by atoms with E-state index in [0.717, 1.165) is 28.9 Å². The lowest BCUT2D eigenvalue weighted by molar-refractivity contribution is 0.426. The van der Waals surface area contributed by atoms with Crippen LogP contribution in [-0.4, -0.2) is 17.2 Å². The standard InChI is InChI=1S/C40H32BNO2/c43-41(44)33-23-19-29(20-24-33)28-38-35-15-7-9-17-39(35)42(40-18-10-8-16-36(38)40)34-25-21-30(22-26-34)27-37(31-11-3-1-4-12-31)32-13-5-2-6-14-32/h1-15,17-28,36,43-44H,16H2. The Kier molecular flexibility index (Phi) is 7.68. The van der Waals surface area contributed by atoms with E-state index >= 15 is 0 Å². The van der Waals surface area contributed by atoms with Gasteiger partial charge in [0, 0.05) is 22.9 Å². The molecule has 0 saturated carbocycles. The second-order valence-electron chi connectivity index (χ2n) is 11.2. The highest BCUT2D eigenvalue weighted by molar-refractivity contribution is 6.58. The van der Waals surface area contributed by atoms with E-state index in [0.29, 0.717) is 5.46 Å². The lowest BCUT2D eigenvalue weighted by atomic mass is 9.78. The molecule has 5 aromatic carbocycles. The summed E-state index contributed by atoms with van der Waals surface area (Å²) >= 11 is 0. The van der Waals surface area contributed by atoms with Crippen LogP contribution in [-0.2, 0) is 0 Å². The maximum atomic E-state index is 9.54. The molecule has 1 unspecified atom stereocenters. The second kappa shape index (κ2) is 12.2. The van der Waals surface area contributed by atoms with Gasteiger partial charge < -0.3 is 14.9 Å². The predicted molar refractivity (Wildman–Crippen MR) is 184 cm³/mol. The van der Waals surface area contributed by atoms with E-state index in [1.165, 1.54) is 33.5 Å². The Bertz CT molecular complexity index is 1850. The zero-order valence-electron chi connectivity index (χ0n) is 24.3. The fraction of sp³-hybridized carbons (Fsp3) is 0.0500. The minimum atomic E-state index is -1.47. The van der Waals surface area contributed by atoms with Gasteiger partial charge in [0.1, 0.15) is 0 Å². The van der Waals surface area contributed by atoms with Gasteiger partial charge in [0.2, 0.25) is 0 Å². The number of nitrogens with zero attached hydrogens (tertiary/aromatic N) is 1. The van der Waals surface area contributed by atoms with Crippen LogP contribution in [0.4, 0.5) is 11.4 Å². The molecule has 4 heteroatoms. The molecule has 1 heterocycles. The van der Waals surface area contributed by atoms with Crippen molar-refractivity contribution in [3.63, 3.8) is 0 Å². The largest absolute Gasteiger partial charge is 0.488 e. The molecule has 1 aliphatic carbocycles. The summed E-state index contributed by atoms with van der Waals surface area (Å²) in [7, 11) is -1.47. The number of fused-ring (bicyclic) bond motifs is 2. The first-order valence-electron chi connectivity index (χ1n) is 15.0. The zero-order valence-corrected chi connectivity index (χ0v) is 24.3. The number of hydrogen-bond donors (Lipinski definition) is 2. The van der Waals surface area contributed by atoms with Crippen molar-refractivity contribution in [2.75, 3.05) is 4.90 Å². The molecule has 2 aliphatic rings. The van der Waals surface area contributed by atoms with Crippen molar-refractivity contribution in [2.45, 2.75) is 6.42 Å². The molecule has 5 aromatic rings. The van der Waals surface area contributed by atoms with E-state index in [9.17, 15) is 10.0 Å². The fourth-order valence-electron chi connectivity index (χ4n) is 6.24. The van der Waals surface area contributed by atoms with E-state index in [-0.39, 0.29) is 5.92 Å². The molecule has 0 bridgehead atoms. The minimum Gasteiger partial charge on any atom is -0.423 e. The van der Waals surface area contributed by atoms with Crippen LogP contribution in [0.15, 0.2) is 157 Å². The quantitative estimate of drug-likeness (QED) is 0.160. The molecule has 1 aliphatic heterocycles. The lowest BCUT2D eigenvalue weighted by Crippen LogP contribution is -2.30. The van der Waals surface area contributed by atoms with Gasteiger partial charge >= 0.3 is 7.12 Å². The Morgan fingerprint density at radius 2 is 1.30 bits per heavy atom. The topological polar surface area (TPSA) is 43.7 Å². The van der Waals surface area contributed by atoms with Gasteiger partial charge in [-0.2, -0.15) is 0 Å². The molecule has 7 rings (SSSR count). The number of rotatable bonds is 6. The molecule has 212 valence electrons. The van der Waals surface area contributed by atoms with E-state index in [1.54, 1.807) is 12.1 Å². The number of allylic oxidation sites excluding steroid dienone is 4. The average Bonchev–Trinajstić information content (AvgIpc) is 3.08. The average molecular weight is 570 g/mol. The number of hydrogen-bond acceptors (Lipinski definition) is 3. The normalized spacial score (nSPS) is 16.1. The Balaban J connectivity index is 1.28. The first kappa shape index (κ1) is 27.7. The highest BCUT2D eigenvalue weighted by atomic mass is 16.4. The van der Waals surface area contributed by atoms with Crippen LogP contribution in [0.5, 0.6) is 0 Å². The third-order valence-electron chi connectivity index (χ3n) is 8.41. The Morgan fingerprint density at radius 3 is 1.95 bits per heavy atom. The van der Waals surface area contributed by atoms with Crippen molar-refractivity contribution in [1.82, 2.24) is 0 Å². The summed E-state index contributed by atoms with van der Waals surface area (Å²) in [6.07, 6.45) is 12.1. The minimum absolute atomic E-state index is 0.195. The van der Waals surface area contributed by atoms with Crippen molar-refractivity contribution >= 4 is 47.3 Å². The highest BCUT2D eigenvalue weighted by Crippen LogP contribution is 2.50. The summed E-state index contributed by atoms with van der Waals surface area (Å²) in [4.78, 5) is 2.40. The molecule has 0 saturated heterocycles. The molecule has 0 radical (unpaired) electrons. The molecule has 0 aromatic heterocycles. The van der Waals surface area contributed by atoms with E-state index < -0.39 is 7.12 Å². The van der Waals surface area contributed by atoms with Gasteiger partial charge in [-0.1, -0.05) is 133 Å². The summed E-state index contributed by atoms with van der Waals surface area (Å²) in [5, 5.41) is 19.1. The van der Waals surface area contributed by atoms with Crippen LogP contribution in [0.1, 0.15) is 34.2 Å². The van der Waals surface area contributed by atoms with Crippen LogP contribution in [0.25, 0.3) is 23.3 Å². The molecule has 0 fully saturated rings. The van der Waals surface area contributed by atoms with Gasteiger partial charge in [-0.05, 0) is 75.6 Å². The van der Waals surface area contributed by atoms with Gasteiger partial charge in [-0.25, -0.2) is 0 Å². The number of para-hydroxylation sites is 1. The van der Waals surface area contributed by atoms with Crippen LogP contribution in [0.3, 0.4) is 0 Å². The van der Waals surface area contributed by atoms with E-state index in [2.05, 4.69) is 144 Å². The Hall–Kier alpha value is -5.16. The van der Waals surface area contributed by atoms with Crippen molar-refractivity contribution in [1.29, 1.82) is 0 Å². The smallest absolute Gasteiger partial charge is 0.423 e. The lowest BCUT2D eigenvalue weighted by Gasteiger charge is -2.41. The monoisotopic (exact) mass is 569 g/mol. The molecule has 2 N–H and O–H groups in total. The number of benzene rings is 5. The SMILES string of the molecule is OB(O)c1ccc(C=C2c3ccccc3N(c3ccc(C=C(c4ccccc4)c4ccccc4)cc3)C3=CC=CCC23)cc1. The van der Waals surface area contributed by atoms with Crippen molar-refractivity contribution in [2.24, 2.45) is 5.92 Å². The van der Waals surface area contributed by atoms with Gasteiger partial charge in [0.25, 0.3) is 0 Å². The fourth-order valence-corrected chi connectivity index (χ4v) is 6.24. The summed E-state index contributed by atoms with van der Waals surface area (Å²) in [6, 6.07) is 46.0. The molecular weight excluding hydrogens is 537 g/mol. The first-order chi connectivity index (χ1) is 21.7. The van der Waals surface area contributed by atoms with Crippen molar-refractivity contribution in [3.05, 3.63) is 185 Å². The van der Waals surface area contributed by atoms with Crippen LogP contribution >= 0.6 is 0 Å². The zero-order chi connectivity index (χ0) is 29.9. The molecule has 1 atom stereocenters. The summed E-state index contributed by atoms with van der Waals surface area (Å²) in [5.41, 5.74) is 12.2. The van der Waals surface area contributed by atoms with E-state index in [1.807, 2.05) is 12.1 Å². The second-order valence-corrected chi connectivity index (χ2v) is 11.2. The van der Waals surface area contributed by atoms with Gasteiger partial charge in [0.15, 0.2) is 0 Å². The van der Waals surface area contributed by atoms with Gasteiger partial charge in [-0.15, -0.1) is 0 Å². The van der Waals surface area contributed by atoms with Crippen molar-refractivity contribution < 1.29 is 10.0 Å². The summed E-state index contributed by atoms with van der Waals surface area (Å²) in [6.45, 7) is 0. The third-order valence-corrected chi connectivity index (χ3v) is 8.41. The molecular formula is C40H32BNO2. The van der Waals surface area contributed by atoms with Gasteiger partial charge in [0.05, 0.1) is 5.69 Å². The maximum absolute atomic E-state index is 9.54. The Labute approximate surface area is 259 Å². The summed E-state index contributed by atoms with van der Waals surface area (Å²) in [5.74, 6) is 0.195. The van der Waals surface area contributed by atoms with Crippen LogP contribution in [0.2, 0.25) is 0 Å². The first-order valence-corrected chi connectivity index (χ1v) is 15.0. The number of anilines is 2. The molecule has 44 heavy (non-hydrogen) atoms. The van der Waals surface area contributed by atoms with Crippen LogP contribution < -0.4 is 10.4 Å². The van der Waals surface area contributed by atoms with Crippen LogP contribution in [0, 0.1) is 5.92 Å². The molecule has 0 amide bonds. The Morgan fingerprint density at radius 1 is 0.682 bits per heavy atom. The molecule has 0 spiro atoms. The van der Waals surface area contributed by atoms with Gasteiger partial charge in [-0.3, -0.25) is 0 Å². The third kappa shape index (κ3) is 5.49.